The zero-order chi connectivity index (χ0) is 24.6. The van der Waals surface area contributed by atoms with E-state index in [0.29, 0.717) is 30.5 Å². The Morgan fingerprint density at radius 1 is 1.09 bits per heavy atom. The van der Waals surface area contributed by atoms with Crippen LogP contribution >= 0.6 is 0 Å². The molecule has 2 aliphatic rings. The molecule has 0 bridgehead atoms. The molecular weight excluding hydrogens is 466 g/mol. The van der Waals surface area contributed by atoms with Gasteiger partial charge in [0.15, 0.2) is 0 Å². The van der Waals surface area contributed by atoms with Crippen molar-refractivity contribution in [1.29, 1.82) is 0 Å². The maximum atomic E-state index is 12.2. The fraction of sp³-hybridized carbons (Fsp3) is 0.320. The number of nitrogens with one attached hydrogen (secondary N) is 2. The van der Waals surface area contributed by atoms with Crippen molar-refractivity contribution in [2.24, 2.45) is 5.92 Å². The highest BCUT2D eigenvalue weighted by molar-refractivity contribution is 7.88. The molecule has 2 fully saturated rings. The number of ether oxygens (including phenoxy) is 1. The van der Waals surface area contributed by atoms with Crippen molar-refractivity contribution in [3.63, 3.8) is 0 Å². The van der Waals surface area contributed by atoms with E-state index < -0.39 is 10.0 Å². The number of carbonyl (C=O) groups excluding carboxylic acids is 1. The number of anilines is 2. The van der Waals surface area contributed by atoms with Gasteiger partial charge in [-0.05, 0) is 43.2 Å². The van der Waals surface area contributed by atoms with E-state index in [2.05, 4.69) is 32.4 Å². The number of benzene rings is 1. The third-order valence-electron chi connectivity index (χ3n) is 5.99. The van der Waals surface area contributed by atoms with E-state index in [9.17, 15) is 13.2 Å². The number of hydrogen-bond acceptors (Lipinski definition) is 7. The zero-order valence-electron chi connectivity index (χ0n) is 19.4. The van der Waals surface area contributed by atoms with Gasteiger partial charge in [0.1, 0.15) is 23.5 Å². The third kappa shape index (κ3) is 5.21. The van der Waals surface area contributed by atoms with Crippen molar-refractivity contribution in [3.05, 3.63) is 53.9 Å². The number of aromatic nitrogens is 2. The van der Waals surface area contributed by atoms with Crippen LogP contribution in [0, 0.1) is 17.8 Å². The lowest BCUT2D eigenvalue weighted by Gasteiger charge is -2.36. The number of rotatable bonds is 6. The zero-order valence-corrected chi connectivity index (χ0v) is 20.2. The standard InChI is InChI=1S/C25H25N5O4S/c1-26-24-22-13-27-23(29-25(31)17-7-8-17)11-21(22)18(12-28-24)6-3-16-4-9-19(10-5-16)34-20-14-30(15-20)35(2,32)33/h4-5,9-13,17,20H,7-8,14-15H2,1-2H3,(H,26,28)(H,27,29,31). The molecule has 5 rings (SSSR count). The van der Waals surface area contributed by atoms with E-state index in [4.69, 9.17) is 4.74 Å². The Morgan fingerprint density at radius 2 is 1.83 bits per heavy atom. The first-order valence-electron chi connectivity index (χ1n) is 11.3. The van der Waals surface area contributed by atoms with Gasteiger partial charge in [-0.3, -0.25) is 4.79 Å². The molecule has 2 aromatic heterocycles. The average molecular weight is 492 g/mol. The molecule has 9 nitrogen and oxygen atoms in total. The summed E-state index contributed by atoms with van der Waals surface area (Å²) in [5.41, 5.74) is 1.52. The molecule has 1 amide bonds. The van der Waals surface area contributed by atoms with Gasteiger partial charge in [-0.25, -0.2) is 18.4 Å². The lowest BCUT2D eigenvalue weighted by molar-refractivity contribution is -0.117. The third-order valence-corrected chi connectivity index (χ3v) is 7.23. The highest BCUT2D eigenvalue weighted by atomic mass is 32.2. The Labute approximate surface area is 204 Å². The normalized spacial score (nSPS) is 16.2. The van der Waals surface area contributed by atoms with Crippen molar-refractivity contribution < 1.29 is 17.9 Å². The molecule has 0 atom stereocenters. The van der Waals surface area contributed by atoms with Crippen molar-refractivity contribution in [3.8, 4) is 17.6 Å². The summed E-state index contributed by atoms with van der Waals surface area (Å²) in [6.45, 7) is 0.724. The van der Waals surface area contributed by atoms with E-state index in [0.717, 1.165) is 34.7 Å². The monoisotopic (exact) mass is 491 g/mol. The Balaban J connectivity index is 1.33. The van der Waals surface area contributed by atoms with Gasteiger partial charge in [-0.1, -0.05) is 11.8 Å². The predicted octanol–water partition coefficient (Wildman–Crippen LogP) is 2.44. The summed E-state index contributed by atoms with van der Waals surface area (Å²) >= 11 is 0. The lowest BCUT2D eigenvalue weighted by Crippen LogP contribution is -2.55. The molecule has 1 aliphatic heterocycles. The molecule has 3 heterocycles. The summed E-state index contributed by atoms with van der Waals surface area (Å²) in [6, 6.07) is 9.19. The van der Waals surface area contributed by atoms with Gasteiger partial charge >= 0.3 is 0 Å². The number of hydrogen-bond donors (Lipinski definition) is 2. The molecule has 1 saturated heterocycles. The smallest absolute Gasteiger partial charge is 0.228 e. The SMILES string of the molecule is CNc1ncc(C#Cc2ccc(OC3CN(S(C)(=O)=O)C3)cc2)c2cc(NC(=O)C3CC3)ncc12. The summed E-state index contributed by atoms with van der Waals surface area (Å²) in [7, 11) is -1.37. The predicted molar refractivity (Wildman–Crippen MR) is 134 cm³/mol. The van der Waals surface area contributed by atoms with Crippen LogP contribution in [0.2, 0.25) is 0 Å². The number of fused-ring (bicyclic) bond motifs is 1. The van der Waals surface area contributed by atoms with Crippen molar-refractivity contribution in [1.82, 2.24) is 14.3 Å². The average Bonchev–Trinajstić information content (AvgIpc) is 3.65. The van der Waals surface area contributed by atoms with E-state index in [1.807, 2.05) is 30.3 Å². The summed E-state index contributed by atoms with van der Waals surface area (Å²) in [5, 5.41) is 7.61. The number of pyridine rings is 2. The fourth-order valence-corrected chi connectivity index (χ4v) is 4.65. The second-order valence-corrected chi connectivity index (χ2v) is 10.7. The summed E-state index contributed by atoms with van der Waals surface area (Å²) in [5.74, 6) is 8.28. The van der Waals surface area contributed by atoms with Gasteiger partial charge in [0.05, 0.1) is 24.9 Å². The molecule has 0 unspecified atom stereocenters. The van der Waals surface area contributed by atoms with Crippen molar-refractivity contribution in [2.75, 3.05) is 37.0 Å². The number of nitrogens with zero attached hydrogens (tertiary/aromatic N) is 3. The van der Waals surface area contributed by atoms with E-state index in [1.165, 1.54) is 10.6 Å². The van der Waals surface area contributed by atoms with Gasteiger partial charge in [0, 0.05) is 41.7 Å². The van der Waals surface area contributed by atoms with Crippen LogP contribution in [0.15, 0.2) is 42.7 Å². The highest BCUT2D eigenvalue weighted by Gasteiger charge is 2.34. The van der Waals surface area contributed by atoms with Gasteiger partial charge in [-0.2, -0.15) is 4.31 Å². The fourth-order valence-electron chi connectivity index (χ4n) is 3.77. The maximum absolute atomic E-state index is 12.2. The van der Waals surface area contributed by atoms with Crippen LogP contribution in [-0.2, 0) is 14.8 Å². The first-order chi connectivity index (χ1) is 16.8. The molecule has 180 valence electrons. The van der Waals surface area contributed by atoms with Crippen LogP contribution in [0.4, 0.5) is 11.6 Å². The van der Waals surface area contributed by atoms with Crippen LogP contribution in [-0.4, -0.2) is 61.1 Å². The molecular formula is C25H25N5O4S. The van der Waals surface area contributed by atoms with E-state index in [1.54, 1.807) is 19.4 Å². The van der Waals surface area contributed by atoms with Crippen LogP contribution < -0.4 is 15.4 Å². The number of sulfonamides is 1. The van der Waals surface area contributed by atoms with Gasteiger partial charge in [-0.15, -0.1) is 0 Å². The van der Waals surface area contributed by atoms with Gasteiger partial charge in [0.25, 0.3) is 0 Å². The second-order valence-electron chi connectivity index (χ2n) is 8.74. The first kappa shape index (κ1) is 23.1. The molecule has 1 aliphatic carbocycles. The minimum Gasteiger partial charge on any atom is -0.488 e. The highest BCUT2D eigenvalue weighted by Crippen LogP contribution is 2.31. The summed E-state index contributed by atoms with van der Waals surface area (Å²) in [6.07, 6.45) is 6.30. The molecule has 0 radical (unpaired) electrons. The van der Waals surface area contributed by atoms with Crippen LogP contribution in [0.5, 0.6) is 5.75 Å². The number of carbonyl (C=O) groups is 1. The van der Waals surface area contributed by atoms with Crippen molar-refractivity contribution >= 4 is 38.3 Å². The minimum absolute atomic E-state index is 0.000571. The van der Waals surface area contributed by atoms with E-state index >= 15 is 0 Å². The maximum Gasteiger partial charge on any atom is 0.228 e. The van der Waals surface area contributed by atoms with E-state index in [-0.39, 0.29) is 17.9 Å². The summed E-state index contributed by atoms with van der Waals surface area (Å²) < 4.78 is 30.2. The Hall–Kier alpha value is -3.68. The molecule has 1 aromatic carbocycles. The minimum atomic E-state index is -3.16. The summed E-state index contributed by atoms with van der Waals surface area (Å²) in [4.78, 5) is 21.0. The molecule has 10 heteroatoms. The molecule has 0 spiro atoms. The first-order valence-corrected chi connectivity index (χ1v) is 13.2. The Bertz CT molecular complexity index is 1450. The number of amides is 1. The van der Waals surface area contributed by atoms with Crippen LogP contribution in [0.25, 0.3) is 10.8 Å². The van der Waals surface area contributed by atoms with Crippen molar-refractivity contribution in [2.45, 2.75) is 18.9 Å². The van der Waals surface area contributed by atoms with Gasteiger partial charge in [0.2, 0.25) is 15.9 Å². The molecule has 1 saturated carbocycles. The molecule has 2 N–H and O–H groups in total. The quantitative estimate of drug-likeness (QED) is 0.509. The largest absolute Gasteiger partial charge is 0.488 e. The molecule has 3 aromatic rings. The Kier molecular flexibility index (Phi) is 6.05. The molecule has 35 heavy (non-hydrogen) atoms. The topological polar surface area (TPSA) is 114 Å². The lowest BCUT2D eigenvalue weighted by atomic mass is 10.1. The Morgan fingerprint density at radius 3 is 2.49 bits per heavy atom. The van der Waals surface area contributed by atoms with Gasteiger partial charge < -0.3 is 15.4 Å². The van der Waals surface area contributed by atoms with Crippen LogP contribution in [0.1, 0.15) is 24.0 Å². The van der Waals surface area contributed by atoms with Crippen LogP contribution in [0.3, 0.4) is 0 Å². The second kappa shape index (κ2) is 9.17.